The number of nitrogens with one attached hydrogen (secondary N) is 1. The second kappa shape index (κ2) is 6.85. The molecule has 0 fully saturated rings. The summed E-state index contributed by atoms with van der Waals surface area (Å²) in [5, 5.41) is 2.86. The molecule has 0 atom stereocenters. The third-order valence-corrected chi connectivity index (χ3v) is 3.23. The lowest BCUT2D eigenvalue weighted by atomic mass is 10.1. The van der Waals surface area contributed by atoms with E-state index in [1.807, 2.05) is 73.2 Å². The number of pyridine rings is 1. The molecule has 0 aliphatic rings. The molecule has 0 saturated carbocycles. The minimum Gasteiger partial charge on any atom is -0.378 e. The van der Waals surface area contributed by atoms with Gasteiger partial charge in [-0.2, -0.15) is 0 Å². The van der Waals surface area contributed by atoms with Gasteiger partial charge in [0.25, 0.3) is 0 Å². The zero-order chi connectivity index (χ0) is 16.1. The Bertz CT molecular complexity index is 708. The van der Waals surface area contributed by atoms with E-state index < -0.39 is 0 Å². The van der Waals surface area contributed by atoms with E-state index in [9.17, 15) is 4.79 Å². The Balaban J connectivity index is 2.37. The quantitative estimate of drug-likeness (QED) is 0.695. The molecule has 2 aromatic rings. The molecule has 1 aromatic carbocycles. The summed E-state index contributed by atoms with van der Waals surface area (Å²) < 4.78 is 1.93. The fraction of sp³-hybridized carbons (Fsp3) is 0.235. The van der Waals surface area contributed by atoms with Crippen LogP contribution in [0.2, 0.25) is 0 Å². The number of hydrogen-bond donors (Lipinski definition) is 1. The highest BCUT2D eigenvalue weighted by Gasteiger charge is 2.08. The van der Waals surface area contributed by atoms with Crippen LogP contribution in [0.4, 0.5) is 17.2 Å². The Kier molecular flexibility index (Phi) is 4.88. The summed E-state index contributed by atoms with van der Waals surface area (Å²) in [5.74, 6) is 0.740. The predicted octanol–water partition coefficient (Wildman–Crippen LogP) is 2.29. The number of anilines is 2. The van der Waals surface area contributed by atoms with Gasteiger partial charge in [0.15, 0.2) is 0 Å². The van der Waals surface area contributed by atoms with Crippen LogP contribution in [0.3, 0.4) is 0 Å². The van der Waals surface area contributed by atoms with E-state index in [4.69, 9.17) is 0 Å². The molecule has 1 amide bonds. The Morgan fingerprint density at radius 3 is 2.68 bits per heavy atom. The van der Waals surface area contributed by atoms with Gasteiger partial charge in [-0.15, -0.1) is 0 Å². The van der Waals surface area contributed by atoms with Crippen molar-refractivity contribution in [2.24, 2.45) is 12.0 Å². The van der Waals surface area contributed by atoms with Crippen LogP contribution in [-0.2, 0) is 11.8 Å². The molecule has 0 spiro atoms. The molecule has 0 bridgehead atoms. The van der Waals surface area contributed by atoms with Crippen molar-refractivity contribution in [3.05, 3.63) is 48.2 Å². The minimum atomic E-state index is -0.101. The first-order valence-corrected chi connectivity index (χ1v) is 7.05. The Morgan fingerprint density at radius 2 is 2.05 bits per heavy atom. The van der Waals surface area contributed by atoms with Gasteiger partial charge in [-0.05, 0) is 29.3 Å². The summed E-state index contributed by atoms with van der Waals surface area (Å²) in [7, 11) is 5.87. The van der Waals surface area contributed by atoms with E-state index in [0.717, 1.165) is 22.8 Å². The molecule has 1 aromatic heterocycles. The fourth-order valence-corrected chi connectivity index (χ4v) is 2.02. The maximum absolute atomic E-state index is 11.4. The zero-order valence-corrected chi connectivity index (χ0v) is 13.4. The molecule has 5 heteroatoms. The average molecular weight is 297 g/mol. The molecule has 0 radical (unpaired) electrons. The van der Waals surface area contributed by atoms with Crippen molar-refractivity contribution in [3.63, 3.8) is 0 Å². The number of rotatable bonds is 4. The molecule has 22 heavy (non-hydrogen) atoms. The van der Waals surface area contributed by atoms with Gasteiger partial charge in [0.2, 0.25) is 5.91 Å². The molecule has 1 N–H and O–H groups in total. The van der Waals surface area contributed by atoms with Crippen LogP contribution < -0.4 is 14.8 Å². The van der Waals surface area contributed by atoms with E-state index in [1.54, 1.807) is 6.21 Å². The molecular weight excluding hydrogens is 276 g/mol. The molecule has 0 unspecified atom stereocenters. The first-order valence-electron chi connectivity index (χ1n) is 7.05. The largest absolute Gasteiger partial charge is 0.378 e. The van der Waals surface area contributed by atoms with E-state index >= 15 is 0 Å². The summed E-state index contributed by atoms with van der Waals surface area (Å²) in [6.45, 7) is 1.50. The molecule has 2 rings (SSSR count). The Morgan fingerprint density at radius 1 is 1.27 bits per heavy atom. The van der Waals surface area contributed by atoms with Crippen LogP contribution in [0.1, 0.15) is 12.5 Å². The van der Waals surface area contributed by atoms with Crippen molar-refractivity contribution in [1.29, 1.82) is 0 Å². The van der Waals surface area contributed by atoms with Gasteiger partial charge in [0.1, 0.15) is 6.21 Å². The van der Waals surface area contributed by atoms with Crippen molar-refractivity contribution >= 4 is 29.3 Å². The maximum Gasteiger partial charge on any atom is 0.322 e. The number of carbonyl (C=O) groups excluding carboxylic acids is 1. The van der Waals surface area contributed by atoms with Crippen LogP contribution in [0.5, 0.6) is 0 Å². The molecule has 1 heterocycles. The Hall–Kier alpha value is -2.69. The van der Waals surface area contributed by atoms with Crippen LogP contribution in [-0.4, -0.2) is 26.2 Å². The molecule has 114 valence electrons. The first-order chi connectivity index (χ1) is 10.5. The lowest BCUT2D eigenvalue weighted by molar-refractivity contribution is -0.658. The van der Waals surface area contributed by atoms with Crippen molar-refractivity contribution in [2.75, 3.05) is 24.3 Å². The monoisotopic (exact) mass is 297 g/mol. The second-order valence-electron chi connectivity index (χ2n) is 5.28. The average Bonchev–Trinajstić information content (AvgIpc) is 2.46. The molecule has 5 nitrogen and oxygen atoms in total. The van der Waals surface area contributed by atoms with Gasteiger partial charge in [-0.1, -0.05) is 6.07 Å². The van der Waals surface area contributed by atoms with E-state index in [1.165, 1.54) is 6.92 Å². The number of hydrogen-bond acceptors (Lipinski definition) is 3. The van der Waals surface area contributed by atoms with E-state index in [2.05, 4.69) is 10.3 Å². The van der Waals surface area contributed by atoms with Crippen molar-refractivity contribution < 1.29 is 9.36 Å². The summed E-state index contributed by atoms with van der Waals surface area (Å²) in [6, 6.07) is 11.7. The van der Waals surface area contributed by atoms with E-state index in [0.29, 0.717) is 0 Å². The highest BCUT2D eigenvalue weighted by Crippen LogP contribution is 2.22. The number of aryl methyl sites for hydroxylation is 1. The number of aromatic nitrogens is 1. The van der Waals surface area contributed by atoms with Gasteiger partial charge >= 0.3 is 5.82 Å². The van der Waals surface area contributed by atoms with Gasteiger partial charge in [-0.3, -0.25) is 4.79 Å². The number of carbonyl (C=O) groups is 1. The van der Waals surface area contributed by atoms with Gasteiger partial charge in [0.05, 0.1) is 18.9 Å². The molecule has 0 aliphatic heterocycles. The Labute approximate surface area is 130 Å². The van der Waals surface area contributed by atoms with Crippen molar-refractivity contribution in [2.45, 2.75) is 6.92 Å². The summed E-state index contributed by atoms with van der Waals surface area (Å²) in [4.78, 5) is 17.9. The third kappa shape index (κ3) is 3.91. The standard InChI is InChI=1S/C17H20N4O/c1-13(22)19-16-11-15(20(2)3)9-8-14(16)12-18-17-7-5-6-10-21(17)4/h5-12H,1-4H3/p+1. The van der Waals surface area contributed by atoms with E-state index in [-0.39, 0.29) is 5.91 Å². The first kappa shape index (κ1) is 15.7. The number of aliphatic imine (C=N–C) groups is 1. The van der Waals surface area contributed by atoms with Gasteiger partial charge in [0, 0.05) is 38.3 Å². The van der Waals surface area contributed by atoms with Gasteiger partial charge < -0.3 is 10.2 Å². The maximum atomic E-state index is 11.4. The second-order valence-corrected chi connectivity index (χ2v) is 5.28. The van der Waals surface area contributed by atoms with Crippen LogP contribution >= 0.6 is 0 Å². The number of nitrogens with zero attached hydrogens (tertiary/aromatic N) is 3. The SMILES string of the molecule is CC(=O)Nc1cc(N(C)C)ccc1C=Nc1cccc[n+]1C. The lowest BCUT2D eigenvalue weighted by Crippen LogP contribution is -2.26. The zero-order valence-electron chi connectivity index (χ0n) is 13.4. The summed E-state index contributed by atoms with van der Waals surface area (Å²) >= 11 is 0. The predicted molar refractivity (Wildman–Crippen MR) is 89.9 cm³/mol. The number of amides is 1. The third-order valence-electron chi connectivity index (χ3n) is 3.23. The molecule has 0 aliphatic carbocycles. The summed E-state index contributed by atoms with van der Waals surface area (Å²) in [6.07, 6.45) is 3.70. The topological polar surface area (TPSA) is 48.6 Å². The summed E-state index contributed by atoms with van der Waals surface area (Å²) in [5.41, 5.74) is 2.64. The van der Waals surface area contributed by atoms with Crippen molar-refractivity contribution in [3.8, 4) is 0 Å². The van der Waals surface area contributed by atoms with Crippen LogP contribution in [0, 0.1) is 0 Å². The highest BCUT2D eigenvalue weighted by molar-refractivity contribution is 5.97. The molecule has 0 saturated heterocycles. The number of benzene rings is 1. The van der Waals surface area contributed by atoms with Crippen LogP contribution in [0.15, 0.2) is 47.6 Å². The van der Waals surface area contributed by atoms with Crippen molar-refractivity contribution in [1.82, 2.24) is 0 Å². The normalized spacial score (nSPS) is 10.7. The fourth-order valence-electron chi connectivity index (χ4n) is 2.02. The smallest absolute Gasteiger partial charge is 0.322 e. The minimum absolute atomic E-state index is 0.101. The van der Waals surface area contributed by atoms with Crippen LogP contribution in [0.25, 0.3) is 0 Å². The van der Waals surface area contributed by atoms with Gasteiger partial charge in [-0.25, -0.2) is 4.57 Å². The lowest BCUT2D eigenvalue weighted by Gasteiger charge is -2.15. The molecular formula is C17H21N4O+. The highest BCUT2D eigenvalue weighted by atomic mass is 16.1.